The lowest BCUT2D eigenvalue weighted by Gasteiger charge is -2.11. The molecule has 2 aromatic carbocycles. The van der Waals surface area contributed by atoms with Crippen LogP contribution in [0.1, 0.15) is 32.3 Å². The van der Waals surface area contributed by atoms with Gasteiger partial charge in [-0.3, -0.25) is 14.2 Å². The lowest BCUT2D eigenvalue weighted by Crippen LogP contribution is -2.23. The molecule has 0 aliphatic carbocycles. The Kier molecular flexibility index (Phi) is 7.29. The van der Waals surface area contributed by atoms with Gasteiger partial charge in [0.1, 0.15) is 11.0 Å². The second-order valence-corrected chi connectivity index (χ2v) is 8.82. The normalized spacial score (nSPS) is 11.1. The molecule has 0 aliphatic heterocycles. The summed E-state index contributed by atoms with van der Waals surface area (Å²) in [5.41, 5.74) is 4.88. The Morgan fingerprint density at radius 3 is 2.55 bits per heavy atom. The average molecular weight is 461 g/mol. The summed E-state index contributed by atoms with van der Waals surface area (Å²) in [5, 5.41) is 3.47. The van der Waals surface area contributed by atoms with Crippen molar-refractivity contribution in [2.24, 2.45) is 0 Å². The maximum atomic E-state index is 13.0. The number of rotatable bonds is 9. The predicted molar refractivity (Wildman–Crippen MR) is 136 cm³/mol. The number of fused-ring (bicyclic) bond motifs is 1. The van der Waals surface area contributed by atoms with E-state index in [9.17, 15) is 9.59 Å². The Morgan fingerprint density at radius 2 is 1.85 bits per heavy atom. The summed E-state index contributed by atoms with van der Waals surface area (Å²) in [5.74, 6) is 0.0383. The van der Waals surface area contributed by atoms with Crippen molar-refractivity contribution in [3.8, 4) is 11.1 Å². The van der Waals surface area contributed by atoms with Gasteiger partial charge in [0.25, 0.3) is 5.56 Å². The standard InChI is InChI=1S/C26H28N4O2S/c1-3-5-9-18-12-14-20(15-13-18)28-22(31)17-33-26-29-23-21(19-10-7-6-8-11-19)16-27-24(23)25(32)30(26)4-2/h6-8,10-16,27H,3-5,9,17H2,1-2H3,(H,28,31). The summed E-state index contributed by atoms with van der Waals surface area (Å²) >= 11 is 1.28. The van der Waals surface area contributed by atoms with Gasteiger partial charge < -0.3 is 10.3 Å². The van der Waals surface area contributed by atoms with Gasteiger partial charge in [-0.25, -0.2) is 4.98 Å². The van der Waals surface area contributed by atoms with Crippen molar-refractivity contribution >= 4 is 34.4 Å². The number of hydrogen-bond acceptors (Lipinski definition) is 4. The number of nitrogens with zero attached hydrogens (tertiary/aromatic N) is 2. The quantitative estimate of drug-likeness (QED) is 0.256. The molecule has 0 fully saturated rings. The molecule has 0 radical (unpaired) electrons. The summed E-state index contributed by atoms with van der Waals surface area (Å²) < 4.78 is 1.61. The molecule has 0 spiro atoms. The van der Waals surface area contributed by atoms with Gasteiger partial charge in [0, 0.05) is 24.0 Å². The van der Waals surface area contributed by atoms with Crippen molar-refractivity contribution in [1.29, 1.82) is 0 Å². The third kappa shape index (κ3) is 5.20. The van der Waals surface area contributed by atoms with Gasteiger partial charge in [0.2, 0.25) is 5.91 Å². The highest BCUT2D eigenvalue weighted by atomic mass is 32.2. The zero-order valence-corrected chi connectivity index (χ0v) is 19.7. The third-order valence-corrected chi connectivity index (χ3v) is 6.52. The maximum absolute atomic E-state index is 13.0. The number of thioether (sulfide) groups is 1. The first-order valence-corrected chi connectivity index (χ1v) is 12.3. The summed E-state index contributed by atoms with van der Waals surface area (Å²) in [6.45, 7) is 4.56. The minimum atomic E-state index is -0.129. The molecule has 33 heavy (non-hydrogen) atoms. The Hall–Kier alpha value is -3.32. The molecule has 4 aromatic rings. The zero-order valence-electron chi connectivity index (χ0n) is 18.9. The van der Waals surface area contributed by atoms with E-state index < -0.39 is 0 Å². The van der Waals surface area contributed by atoms with Crippen molar-refractivity contribution < 1.29 is 4.79 Å². The monoisotopic (exact) mass is 460 g/mol. The molecule has 1 amide bonds. The van der Waals surface area contributed by atoms with Crippen LogP contribution in [0.4, 0.5) is 5.69 Å². The Labute approximate surface area is 197 Å². The summed E-state index contributed by atoms with van der Waals surface area (Å²) in [4.78, 5) is 33.5. The van der Waals surface area contributed by atoms with Crippen LogP contribution in [0, 0.1) is 0 Å². The Morgan fingerprint density at radius 1 is 1.09 bits per heavy atom. The van der Waals surface area contributed by atoms with E-state index in [1.807, 2.05) is 55.6 Å². The second kappa shape index (κ2) is 10.5. The summed E-state index contributed by atoms with van der Waals surface area (Å²) in [7, 11) is 0. The minimum Gasteiger partial charge on any atom is -0.355 e. The van der Waals surface area contributed by atoms with Crippen molar-refractivity contribution in [2.75, 3.05) is 11.1 Å². The van der Waals surface area contributed by atoms with E-state index in [0.29, 0.717) is 22.7 Å². The van der Waals surface area contributed by atoms with Gasteiger partial charge in [-0.2, -0.15) is 0 Å². The molecule has 6 nitrogen and oxygen atoms in total. The van der Waals surface area contributed by atoms with E-state index >= 15 is 0 Å². The highest BCUT2D eigenvalue weighted by molar-refractivity contribution is 7.99. The molecule has 0 bridgehead atoms. The number of carbonyl (C=O) groups is 1. The van der Waals surface area contributed by atoms with E-state index in [1.54, 1.807) is 4.57 Å². The molecule has 2 heterocycles. The van der Waals surface area contributed by atoms with Crippen LogP contribution >= 0.6 is 11.8 Å². The number of benzene rings is 2. The van der Waals surface area contributed by atoms with E-state index in [4.69, 9.17) is 4.98 Å². The topological polar surface area (TPSA) is 79.8 Å². The van der Waals surface area contributed by atoms with E-state index in [1.165, 1.54) is 17.3 Å². The largest absolute Gasteiger partial charge is 0.355 e. The SMILES string of the molecule is CCCCc1ccc(NC(=O)CSc2nc3c(-c4ccccc4)c[nH]c3c(=O)n2CC)cc1. The van der Waals surface area contributed by atoms with Crippen LogP contribution in [0.25, 0.3) is 22.2 Å². The van der Waals surface area contributed by atoms with E-state index in [0.717, 1.165) is 36.1 Å². The van der Waals surface area contributed by atoms with Crippen LogP contribution in [0.3, 0.4) is 0 Å². The Bertz CT molecular complexity index is 1290. The number of aromatic nitrogens is 3. The highest BCUT2D eigenvalue weighted by Gasteiger charge is 2.17. The van der Waals surface area contributed by atoms with E-state index in [2.05, 4.69) is 29.4 Å². The summed E-state index contributed by atoms with van der Waals surface area (Å²) in [6.07, 6.45) is 5.19. The highest BCUT2D eigenvalue weighted by Crippen LogP contribution is 2.27. The van der Waals surface area contributed by atoms with Crippen LogP contribution in [-0.4, -0.2) is 26.2 Å². The number of anilines is 1. The lowest BCUT2D eigenvalue weighted by atomic mass is 10.1. The van der Waals surface area contributed by atoms with Crippen LogP contribution in [-0.2, 0) is 17.8 Å². The van der Waals surface area contributed by atoms with Crippen LogP contribution in [0.15, 0.2) is 70.7 Å². The van der Waals surface area contributed by atoms with Gasteiger partial charge in [0.15, 0.2) is 5.16 Å². The van der Waals surface area contributed by atoms with E-state index in [-0.39, 0.29) is 17.2 Å². The predicted octanol–water partition coefficient (Wildman–Crippen LogP) is 5.48. The van der Waals surface area contributed by atoms with Gasteiger partial charge in [-0.1, -0.05) is 67.6 Å². The molecule has 0 aliphatic rings. The molecule has 0 atom stereocenters. The number of H-pyrrole nitrogens is 1. The van der Waals surface area contributed by atoms with Crippen molar-refractivity contribution in [3.63, 3.8) is 0 Å². The number of nitrogens with one attached hydrogen (secondary N) is 2. The molecule has 0 unspecified atom stereocenters. The number of unbranched alkanes of at least 4 members (excludes halogenated alkanes) is 1. The smallest absolute Gasteiger partial charge is 0.278 e. The number of aryl methyl sites for hydroxylation is 1. The van der Waals surface area contributed by atoms with Crippen molar-refractivity contribution in [3.05, 3.63) is 76.7 Å². The zero-order chi connectivity index (χ0) is 23.2. The van der Waals surface area contributed by atoms with Crippen LogP contribution in [0.5, 0.6) is 0 Å². The fourth-order valence-electron chi connectivity index (χ4n) is 3.76. The molecule has 2 N–H and O–H groups in total. The molecule has 0 saturated carbocycles. The van der Waals surface area contributed by atoms with Crippen LogP contribution < -0.4 is 10.9 Å². The van der Waals surface area contributed by atoms with Crippen molar-refractivity contribution in [1.82, 2.24) is 14.5 Å². The van der Waals surface area contributed by atoms with Crippen molar-refractivity contribution in [2.45, 2.75) is 44.8 Å². The number of aromatic amines is 1. The molecule has 170 valence electrons. The number of carbonyl (C=O) groups excluding carboxylic acids is 1. The fourth-order valence-corrected chi connectivity index (χ4v) is 4.62. The summed E-state index contributed by atoms with van der Waals surface area (Å²) in [6, 6.07) is 17.8. The lowest BCUT2D eigenvalue weighted by molar-refractivity contribution is -0.113. The second-order valence-electron chi connectivity index (χ2n) is 7.87. The van der Waals surface area contributed by atoms with Gasteiger partial charge >= 0.3 is 0 Å². The number of amides is 1. The minimum absolute atomic E-state index is 0.129. The molecule has 7 heteroatoms. The number of hydrogen-bond donors (Lipinski definition) is 2. The first-order valence-electron chi connectivity index (χ1n) is 11.3. The fraction of sp³-hybridized carbons (Fsp3) is 0.269. The van der Waals surface area contributed by atoms with Gasteiger partial charge in [-0.15, -0.1) is 0 Å². The molecular weight excluding hydrogens is 432 g/mol. The average Bonchev–Trinajstić information content (AvgIpc) is 3.27. The van der Waals surface area contributed by atoms with Gasteiger partial charge in [-0.05, 0) is 43.0 Å². The first-order chi connectivity index (χ1) is 16.1. The first kappa shape index (κ1) is 22.9. The van der Waals surface area contributed by atoms with Gasteiger partial charge in [0.05, 0.1) is 5.75 Å². The molecule has 0 saturated heterocycles. The third-order valence-electron chi connectivity index (χ3n) is 5.54. The Balaban J connectivity index is 1.52. The van der Waals surface area contributed by atoms with Crippen LogP contribution in [0.2, 0.25) is 0 Å². The molecular formula is C26H28N4O2S. The molecule has 4 rings (SSSR count). The molecule has 2 aromatic heterocycles. The maximum Gasteiger partial charge on any atom is 0.278 e.